The van der Waals surface area contributed by atoms with Gasteiger partial charge in [0.2, 0.25) is 6.41 Å². The molecule has 0 aromatic rings. The van der Waals surface area contributed by atoms with E-state index in [-0.39, 0.29) is 0 Å². The molecule has 0 N–H and O–H groups in total. The van der Waals surface area contributed by atoms with Gasteiger partial charge in [-0.2, -0.15) is 0 Å². The van der Waals surface area contributed by atoms with Crippen LogP contribution in [0.1, 0.15) is 19.8 Å². The fraction of sp³-hybridized carbons (Fsp3) is 0.900. The summed E-state index contributed by atoms with van der Waals surface area (Å²) in [7, 11) is 1.84. The molecular weight excluding hydrogens is 166 g/mol. The van der Waals surface area contributed by atoms with Crippen LogP contribution in [0.5, 0.6) is 0 Å². The molecule has 0 radical (unpaired) electrons. The summed E-state index contributed by atoms with van der Waals surface area (Å²) in [6, 6.07) is 0. The van der Waals surface area contributed by atoms with E-state index in [4.69, 9.17) is 4.74 Å². The van der Waals surface area contributed by atoms with Gasteiger partial charge in [0.25, 0.3) is 0 Å². The second kappa shape index (κ2) is 5.22. The molecule has 0 atom stereocenters. The molecule has 0 aromatic carbocycles. The van der Waals surface area contributed by atoms with Crippen molar-refractivity contribution >= 4 is 6.41 Å². The lowest BCUT2D eigenvalue weighted by atomic mass is 9.75. The topological polar surface area (TPSA) is 29.5 Å². The zero-order valence-electron chi connectivity index (χ0n) is 8.53. The van der Waals surface area contributed by atoms with Crippen molar-refractivity contribution in [2.75, 3.05) is 26.8 Å². The minimum Gasteiger partial charge on any atom is -0.381 e. The highest BCUT2D eigenvalue weighted by Crippen LogP contribution is 2.33. The summed E-state index contributed by atoms with van der Waals surface area (Å²) < 4.78 is 5.33. The molecule has 0 spiro atoms. The Morgan fingerprint density at radius 3 is 2.69 bits per heavy atom. The maximum absolute atomic E-state index is 10.3. The molecule has 0 bridgehead atoms. The molecule has 1 aliphatic carbocycles. The Hall–Kier alpha value is -0.570. The summed E-state index contributed by atoms with van der Waals surface area (Å²) in [6.07, 6.45) is 3.34. The molecule has 1 fully saturated rings. The standard InChI is InChI=1S/C10H19NO2/c1-3-13-7-10-4-9(5-10)6-11(2)8-12/h8-10H,3-7H2,1-2H3. The fourth-order valence-corrected chi connectivity index (χ4v) is 1.89. The number of nitrogens with zero attached hydrogens (tertiary/aromatic N) is 1. The molecule has 1 saturated carbocycles. The highest BCUT2D eigenvalue weighted by atomic mass is 16.5. The van der Waals surface area contributed by atoms with Crippen LogP contribution in [0.25, 0.3) is 0 Å². The molecule has 3 heteroatoms. The third-order valence-electron chi connectivity index (χ3n) is 2.62. The Morgan fingerprint density at radius 1 is 1.46 bits per heavy atom. The van der Waals surface area contributed by atoms with Crippen LogP contribution in [0.15, 0.2) is 0 Å². The van der Waals surface area contributed by atoms with Crippen molar-refractivity contribution in [1.82, 2.24) is 4.90 Å². The second-order valence-electron chi connectivity index (χ2n) is 3.91. The lowest BCUT2D eigenvalue weighted by Crippen LogP contribution is -2.35. The van der Waals surface area contributed by atoms with Crippen LogP contribution in [0.2, 0.25) is 0 Å². The van der Waals surface area contributed by atoms with Gasteiger partial charge in [-0.25, -0.2) is 0 Å². The number of hydrogen-bond acceptors (Lipinski definition) is 2. The minimum absolute atomic E-state index is 0.709. The molecule has 1 amide bonds. The van der Waals surface area contributed by atoms with Gasteiger partial charge in [-0.05, 0) is 31.6 Å². The molecule has 0 aromatic heterocycles. The Labute approximate surface area is 80.1 Å². The van der Waals surface area contributed by atoms with Crippen molar-refractivity contribution in [2.24, 2.45) is 11.8 Å². The molecule has 13 heavy (non-hydrogen) atoms. The monoisotopic (exact) mass is 185 g/mol. The van der Waals surface area contributed by atoms with Crippen LogP contribution in [0.4, 0.5) is 0 Å². The first-order valence-corrected chi connectivity index (χ1v) is 4.99. The van der Waals surface area contributed by atoms with Crippen LogP contribution in [0, 0.1) is 11.8 Å². The number of carbonyl (C=O) groups excluding carboxylic acids is 1. The van der Waals surface area contributed by atoms with Gasteiger partial charge >= 0.3 is 0 Å². The minimum atomic E-state index is 0.709. The molecule has 3 nitrogen and oxygen atoms in total. The smallest absolute Gasteiger partial charge is 0.209 e. The van der Waals surface area contributed by atoms with Gasteiger partial charge in [0, 0.05) is 26.8 Å². The number of amides is 1. The maximum atomic E-state index is 10.3. The number of carbonyl (C=O) groups is 1. The quantitative estimate of drug-likeness (QED) is 0.581. The predicted molar refractivity (Wildman–Crippen MR) is 51.4 cm³/mol. The van der Waals surface area contributed by atoms with E-state index in [0.717, 1.165) is 32.1 Å². The van der Waals surface area contributed by atoms with Gasteiger partial charge in [0.15, 0.2) is 0 Å². The van der Waals surface area contributed by atoms with Crippen LogP contribution < -0.4 is 0 Å². The van der Waals surface area contributed by atoms with Crippen molar-refractivity contribution in [3.8, 4) is 0 Å². The van der Waals surface area contributed by atoms with Crippen LogP contribution in [-0.2, 0) is 9.53 Å². The van der Waals surface area contributed by atoms with Gasteiger partial charge in [-0.3, -0.25) is 4.79 Å². The van der Waals surface area contributed by atoms with Crippen molar-refractivity contribution in [3.05, 3.63) is 0 Å². The number of hydrogen-bond donors (Lipinski definition) is 0. The van der Waals surface area contributed by atoms with Gasteiger partial charge in [0.1, 0.15) is 0 Å². The van der Waals surface area contributed by atoms with Crippen LogP contribution >= 0.6 is 0 Å². The summed E-state index contributed by atoms with van der Waals surface area (Å²) in [5.74, 6) is 1.45. The highest BCUT2D eigenvalue weighted by Gasteiger charge is 2.29. The molecule has 0 saturated heterocycles. The zero-order valence-corrected chi connectivity index (χ0v) is 8.53. The first-order valence-electron chi connectivity index (χ1n) is 4.99. The van der Waals surface area contributed by atoms with Gasteiger partial charge in [-0.15, -0.1) is 0 Å². The summed E-state index contributed by atoms with van der Waals surface area (Å²) in [4.78, 5) is 12.1. The third-order valence-corrected chi connectivity index (χ3v) is 2.62. The van der Waals surface area contributed by atoms with E-state index in [0.29, 0.717) is 5.92 Å². The Balaban J connectivity index is 2.01. The van der Waals surface area contributed by atoms with E-state index in [2.05, 4.69) is 0 Å². The van der Waals surface area contributed by atoms with E-state index in [1.54, 1.807) is 4.90 Å². The SMILES string of the molecule is CCOCC1CC(CN(C)C=O)C1. The van der Waals surface area contributed by atoms with E-state index in [1.807, 2.05) is 14.0 Å². The third kappa shape index (κ3) is 3.35. The first-order chi connectivity index (χ1) is 6.26. The number of rotatable bonds is 6. The number of ether oxygens (including phenoxy) is 1. The Kier molecular flexibility index (Phi) is 4.22. The van der Waals surface area contributed by atoms with E-state index < -0.39 is 0 Å². The summed E-state index contributed by atoms with van der Waals surface area (Å²) in [6.45, 7) is 4.65. The summed E-state index contributed by atoms with van der Waals surface area (Å²) >= 11 is 0. The van der Waals surface area contributed by atoms with Crippen molar-refractivity contribution in [1.29, 1.82) is 0 Å². The molecule has 76 valence electrons. The molecule has 0 unspecified atom stereocenters. The van der Waals surface area contributed by atoms with Crippen molar-refractivity contribution < 1.29 is 9.53 Å². The molecule has 1 aliphatic rings. The maximum Gasteiger partial charge on any atom is 0.209 e. The largest absolute Gasteiger partial charge is 0.381 e. The average molecular weight is 185 g/mol. The molecule has 0 heterocycles. The predicted octanol–water partition coefficient (Wildman–Crippen LogP) is 1.14. The van der Waals surface area contributed by atoms with Gasteiger partial charge in [0.05, 0.1) is 0 Å². The molecular formula is C10H19NO2. The van der Waals surface area contributed by atoms with E-state index >= 15 is 0 Å². The fourth-order valence-electron chi connectivity index (χ4n) is 1.89. The Bertz CT molecular complexity index is 155. The first kappa shape index (κ1) is 10.5. The average Bonchev–Trinajstić information content (AvgIpc) is 2.08. The molecule has 1 rings (SSSR count). The second-order valence-corrected chi connectivity index (χ2v) is 3.91. The lowest BCUT2D eigenvalue weighted by molar-refractivity contribution is -0.118. The van der Waals surface area contributed by atoms with E-state index in [9.17, 15) is 4.79 Å². The highest BCUT2D eigenvalue weighted by molar-refractivity contribution is 5.46. The normalized spacial score (nSPS) is 26.6. The van der Waals surface area contributed by atoms with Crippen LogP contribution in [-0.4, -0.2) is 38.1 Å². The van der Waals surface area contributed by atoms with Crippen molar-refractivity contribution in [3.63, 3.8) is 0 Å². The van der Waals surface area contributed by atoms with Gasteiger partial charge in [-0.1, -0.05) is 0 Å². The zero-order chi connectivity index (χ0) is 9.68. The van der Waals surface area contributed by atoms with Gasteiger partial charge < -0.3 is 9.64 Å². The van der Waals surface area contributed by atoms with E-state index in [1.165, 1.54) is 12.8 Å². The summed E-state index contributed by atoms with van der Waals surface area (Å²) in [5, 5.41) is 0. The van der Waals surface area contributed by atoms with Crippen LogP contribution in [0.3, 0.4) is 0 Å². The molecule has 0 aliphatic heterocycles. The Morgan fingerprint density at radius 2 is 2.15 bits per heavy atom. The lowest BCUT2D eigenvalue weighted by Gasteiger charge is -2.36. The summed E-state index contributed by atoms with van der Waals surface area (Å²) in [5.41, 5.74) is 0. The van der Waals surface area contributed by atoms with Crippen molar-refractivity contribution in [2.45, 2.75) is 19.8 Å².